The van der Waals surface area contributed by atoms with Crippen LogP contribution in [-0.4, -0.2) is 26.0 Å². The fraction of sp³-hybridized carbons (Fsp3) is 0.0714. The van der Waals surface area contributed by atoms with Gasteiger partial charge in [0.25, 0.3) is 5.91 Å². The average Bonchev–Trinajstić information content (AvgIpc) is 3.03. The molecule has 116 valence electrons. The molecule has 0 radical (unpaired) electrons. The molecular weight excluding hydrogens is 303 g/mol. The Kier molecular flexibility index (Phi) is 3.91. The minimum Gasteiger partial charge on any atom is -0.376 e. The number of aromatic nitrogens is 4. The van der Waals surface area contributed by atoms with Gasteiger partial charge in [0.2, 0.25) is 11.7 Å². The van der Waals surface area contributed by atoms with Crippen LogP contribution < -0.4 is 11.1 Å². The number of carbonyl (C=O) groups excluding carboxylic acids is 1. The van der Waals surface area contributed by atoms with Crippen LogP contribution in [0.25, 0.3) is 11.5 Å². The van der Waals surface area contributed by atoms with E-state index in [4.69, 9.17) is 10.3 Å². The van der Waals surface area contributed by atoms with Crippen LogP contribution in [-0.2, 0) is 6.54 Å². The molecule has 8 nitrogen and oxygen atoms in total. The van der Waals surface area contributed by atoms with Gasteiger partial charge in [0, 0.05) is 11.9 Å². The second-order valence-electron chi connectivity index (χ2n) is 4.52. The van der Waals surface area contributed by atoms with Gasteiger partial charge in [0.15, 0.2) is 0 Å². The quantitative estimate of drug-likeness (QED) is 0.729. The third-order valence-corrected chi connectivity index (χ3v) is 2.95. The second kappa shape index (κ2) is 6.18. The first kappa shape index (κ1) is 14.6. The number of carbonyl (C=O) groups is 1. The predicted molar refractivity (Wildman–Crippen MR) is 77.6 cm³/mol. The summed E-state index contributed by atoms with van der Waals surface area (Å²) in [5.74, 6) is -0.869. The van der Waals surface area contributed by atoms with Crippen molar-refractivity contribution in [3.63, 3.8) is 0 Å². The number of primary amides is 1. The van der Waals surface area contributed by atoms with E-state index in [0.717, 1.165) is 6.07 Å². The number of anilines is 1. The lowest BCUT2D eigenvalue weighted by molar-refractivity contribution is 0.0996. The molecule has 23 heavy (non-hydrogen) atoms. The summed E-state index contributed by atoms with van der Waals surface area (Å²) < 4.78 is 18.5. The molecule has 0 aliphatic heterocycles. The molecule has 0 spiro atoms. The van der Waals surface area contributed by atoms with E-state index in [2.05, 4.69) is 25.4 Å². The van der Waals surface area contributed by atoms with E-state index < -0.39 is 11.7 Å². The van der Waals surface area contributed by atoms with Crippen LogP contribution in [0, 0.1) is 5.82 Å². The Balaban J connectivity index is 1.71. The number of hydrogen-bond donors (Lipinski definition) is 2. The van der Waals surface area contributed by atoms with Crippen LogP contribution >= 0.6 is 0 Å². The number of rotatable bonds is 5. The SMILES string of the molecule is NC(=O)c1cc(NCc2nc(-c3ccncn3)no2)ccc1F. The van der Waals surface area contributed by atoms with Crippen LogP contribution in [0.4, 0.5) is 10.1 Å². The van der Waals surface area contributed by atoms with E-state index in [1.807, 2.05) is 0 Å². The molecule has 0 saturated carbocycles. The molecule has 3 rings (SSSR count). The Morgan fingerprint density at radius 3 is 2.96 bits per heavy atom. The number of nitrogens with one attached hydrogen (secondary N) is 1. The van der Waals surface area contributed by atoms with Gasteiger partial charge in [0.1, 0.15) is 17.8 Å². The molecule has 0 unspecified atom stereocenters. The Labute approximate surface area is 129 Å². The van der Waals surface area contributed by atoms with Crippen molar-refractivity contribution in [2.24, 2.45) is 5.73 Å². The molecule has 2 aromatic heterocycles. The molecule has 0 aliphatic carbocycles. The first-order valence-electron chi connectivity index (χ1n) is 6.55. The molecule has 1 aromatic carbocycles. The zero-order valence-corrected chi connectivity index (χ0v) is 11.7. The Morgan fingerprint density at radius 1 is 1.35 bits per heavy atom. The minimum atomic E-state index is -0.838. The molecule has 3 N–H and O–H groups in total. The lowest BCUT2D eigenvalue weighted by Gasteiger charge is -2.05. The molecule has 9 heteroatoms. The van der Waals surface area contributed by atoms with Crippen molar-refractivity contribution in [1.29, 1.82) is 0 Å². The van der Waals surface area contributed by atoms with Gasteiger partial charge in [0.05, 0.1) is 12.1 Å². The molecule has 3 aromatic rings. The fourth-order valence-electron chi connectivity index (χ4n) is 1.86. The van der Waals surface area contributed by atoms with Crippen molar-refractivity contribution in [3.05, 3.63) is 54.1 Å². The van der Waals surface area contributed by atoms with Crippen molar-refractivity contribution in [1.82, 2.24) is 20.1 Å². The highest BCUT2D eigenvalue weighted by atomic mass is 19.1. The van der Waals surface area contributed by atoms with E-state index in [-0.39, 0.29) is 12.1 Å². The van der Waals surface area contributed by atoms with Crippen LogP contribution in [0.1, 0.15) is 16.2 Å². The van der Waals surface area contributed by atoms with Gasteiger partial charge in [-0.05, 0) is 24.3 Å². The first-order chi connectivity index (χ1) is 11.1. The van der Waals surface area contributed by atoms with Gasteiger partial charge in [-0.2, -0.15) is 4.98 Å². The highest BCUT2D eigenvalue weighted by Gasteiger charge is 2.11. The number of hydrogen-bond acceptors (Lipinski definition) is 7. The Bertz CT molecular complexity index is 836. The van der Waals surface area contributed by atoms with Crippen LogP contribution in [0.5, 0.6) is 0 Å². The van der Waals surface area contributed by atoms with E-state index in [1.165, 1.54) is 18.5 Å². The fourth-order valence-corrected chi connectivity index (χ4v) is 1.86. The summed E-state index contributed by atoms with van der Waals surface area (Å²) in [5, 5.41) is 6.75. The largest absolute Gasteiger partial charge is 0.376 e. The zero-order chi connectivity index (χ0) is 16.2. The summed E-state index contributed by atoms with van der Waals surface area (Å²) in [6, 6.07) is 5.60. The Hall–Kier alpha value is -3.36. The number of amides is 1. The van der Waals surface area contributed by atoms with E-state index in [9.17, 15) is 9.18 Å². The van der Waals surface area contributed by atoms with E-state index in [1.54, 1.807) is 12.3 Å². The number of nitrogens with zero attached hydrogens (tertiary/aromatic N) is 4. The lowest BCUT2D eigenvalue weighted by Crippen LogP contribution is -2.13. The third kappa shape index (κ3) is 3.28. The van der Waals surface area contributed by atoms with E-state index in [0.29, 0.717) is 23.1 Å². The molecule has 0 saturated heterocycles. The van der Waals surface area contributed by atoms with Gasteiger partial charge in [-0.1, -0.05) is 5.16 Å². The summed E-state index contributed by atoms with van der Waals surface area (Å²) in [6.45, 7) is 0.196. The van der Waals surface area contributed by atoms with Gasteiger partial charge in [-0.25, -0.2) is 14.4 Å². The van der Waals surface area contributed by atoms with Gasteiger partial charge < -0.3 is 15.6 Å². The highest BCUT2D eigenvalue weighted by Crippen LogP contribution is 2.16. The highest BCUT2D eigenvalue weighted by molar-refractivity contribution is 5.94. The lowest BCUT2D eigenvalue weighted by atomic mass is 10.2. The van der Waals surface area contributed by atoms with Crippen molar-refractivity contribution < 1.29 is 13.7 Å². The monoisotopic (exact) mass is 314 g/mol. The van der Waals surface area contributed by atoms with Crippen molar-refractivity contribution >= 4 is 11.6 Å². The average molecular weight is 314 g/mol. The summed E-state index contributed by atoms with van der Waals surface area (Å²) >= 11 is 0. The third-order valence-electron chi connectivity index (χ3n) is 2.95. The Morgan fingerprint density at radius 2 is 2.22 bits per heavy atom. The minimum absolute atomic E-state index is 0.192. The number of benzene rings is 1. The molecular formula is C14H11FN6O2. The van der Waals surface area contributed by atoms with Gasteiger partial charge >= 0.3 is 0 Å². The summed E-state index contributed by atoms with van der Waals surface area (Å²) in [5.41, 5.74) is 5.94. The maximum atomic E-state index is 13.4. The summed E-state index contributed by atoms with van der Waals surface area (Å²) in [7, 11) is 0. The molecule has 0 bridgehead atoms. The standard InChI is InChI=1S/C14H11FN6O2/c15-10-2-1-8(5-9(10)13(16)22)18-6-12-20-14(21-23-12)11-3-4-17-7-19-11/h1-5,7,18H,6H2,(H2,16,22). The van der Waals surface area contributed by atoms with Gasteiger partial charge in [-0.15, -0.1) is 0 Å². The molecule has 0 fully saturated rings. The van der Waals surface area contributed by atoms with Crippen LogP contribution in [0.3, 0.4) is 0 Å². The number of nitrogens with two attached hydrogens (primary N) is 1. The zero-order valence-electron chi connectivity index (χ0n) is 11.7. The first-order valence-corrected chi connectivity index (χ1v) is 6.55. The molecule has 0 atom stereocenters. The topological polar surface area (TPSA) is 120 Å². The molecule has 2 heterocycles. The summed E-state index contributed by atoms with van der Waals surface area (Å²) in [4.78, 5) is 23.1. The van der Waals surface area contributed by atoms with Crippen molar-refractivity contribution in [2.75, 3.05) is 5.32 Å². The van der Waals surface area contributed by atoms with E-state index >= 15 is 0 Å². The number of halogens is 1. The normalized spacial score (nSPS) is 10.5. The van der Waals surface area contributed by atoms with Crippen LogP contribution in [0.2, 0.25) is 0 Å². The maximum absolute atomic E-state index is 13.4. The maximum Gasteiger partial charge on any atom is 0.251 e. The summed E-state index contributed by atoms with van der Waals surface area (Å²) in [6.07, 6.45) is 2.95. The van der Waals surface area contributed by atoms with Crippen molar-refractivity contribution in [2.45, 2.75) is 6.54 Å². The molecule has 1 amide bonds. The van der Waals surface area contributed by atoms with Gasteiger partial charge in [-0.3, -0.25) is 4.79 Å². The second-order valence-corrected chi connectivity index (χ2v) is 4.52. The molecule has 0 aliphatic rings. The predicted octanol–water partition coefficient (Wildman–Crippen LogP) is 1.38. The van der Waals surface area contributed by atoms with Crippen molar-refractivity contribution in [3.8, 4) is 11.5 Å². The smallest absolute Gasteiger partial charge is 0.251 e. The van der Waals surface area contributed by atoms with Crippen LogP contribution in [0.15, 0.2) is 41.3 Å².